The van der Waals surface area contributed by atoms with Gasteiger partial charge in [-0.15, -0.1) is 11.3 Å². The second-order valence-corrected chi connectivity index (χ2v) is 6.88. The Morgan fingerprint density at radius 2 is 1.93 bits per heavy atom. The minimum Gasteiger partial charge on any atom is -0.334 e. The molecule has 0 fully saturated rings. The van der Waals surface area contributed by atoms with Crippen LogP contribution in [0.15, 0.2) is 46.3 Å². The number of allylic oxidation sites excluding steroid dienone is 1. The number of nitrogens with zero attached hydrogens (tertiary/aromatic N) is 2. The maximum Gasteiger partial charge on any atom is 0.416 e. The fourth-order valence-electron chi connectivity index (χ4n) is 2.53. The maximum absolute atomic E-state index is 12.7. The van der Waals surface area contributed by atoms with Crippen LogP contribution in [0.3, 0.4) is 0 Å². The molecule has 0 bridgehead atoms. The summed E-state index contributed by atoms with van der Waals surface area (Å²) >= 11 is 1.50. The number of benzene rings is 1. The molecule has 0 aliphatic rings. The van der Waals surface area contributed by atoms with E-state index in [0.29, 0.717) is 30.2 Å². The highest BCUT2D eigenvalue weighted by Crippen LogP contribution is 2.31. The Labute approximate surface area is 158 Å². The fourth-order valence-corrected chi connectivity index (χ4v) is 3.18. The van der Waals surface area contributed by atoms with E-state index in [0.717, 1.165) is 35.4 Å². The second-order valence-electron chi connectivity index (χ2n) is 5.94. The summed E-state index contributed by atoms with van der Waals surface area (Å²) in [5.74, 6) is 0.868. The molecule has 0 aliphatic heterocycles. The first kappa shape index (κ1) is 19.3. The topological polar surface area (TPSA) is 64.9 Å². The van der Waals surface area contributed by atoms with Crippen molar-refractivity contribution in [1.82, 2.24) is 10.1 Å². The summed E-state index contributed by atoms with van der Waals surface area (Å²) < 4.78 is 43.6. The summed E-state index contributed by atoms with van der Waals surface area (Å²) in [4.78, 5) is 5.33. The summed E-state index contributed by atoms with van der Waals surface area (Å²) in [6.07, 6.45) is -0.281. The van der Waals surface area contributed by atoms with E-state index in [4.69, 9.17) is 10.3 Å². The number of thiophene rings is 1. The van der Waals surface area contributed by atoms with Crippen molar-refractivity contribution in [1.29, 1.82) is 0 Å². The Kier molecular flexibility index (Phi) is 6.08. The summed E-state index contributed by atoms with van der Waals surface area (Å²) in [6, 6.07) is 8.79. The first-order valence-electron chi connectivity index (χ1n) is 8.43. The van der Waals surface area contributed by atoms with E-state index in [1.807, 2.05) is 17.5 Å². The molecule has 3 rings (SSSR count). The molecule has 1 aromatic carbocycles. The molecule has 3 aromatic rings. The molecule has 0 aliphatic carbocycles. The molecule has 0 saturated heterocycles. The van der Waals surface area contributed by atoms with E-state index in [-0.39, 0.29) is 0 Å². The Bertz CT molecular complexity index is 884. The average Bonchev–Trinajstić information content (AvgIpc) is 3.32. The zero-order chi connectivity index (χ0) is 19.3. The van der Waals surface area contributed by atoms with Gasteiger partial charge in [0.2, 0.25) is 5.82 Å². The van der Waals surface area contributed by atoms with E-state index < -0.39 is 11.7 Å². The van der Waals surface area contributed by atoms with Gasteiger partial charge in [0, 0.05) is 5.57 Å². The lowest BCUT2D eigenvalue weighted by molar-refractivity contribution is -0.137. The number of hydrogen-bond acceptors (Lipinski definition) is 5. The normalized spacial score (nSPS) is 12.5. The smallest absolute Gasteiger partial charge is 0.334 e. The van der Waals surface area contributed by atoms with Gasteiger partial charge in [0.1, 0.15) is 0 Å². The van der Waals surface area contributed by atoms with Crippen LogP contribution >= 0.6 is 11.3 Å². The highest BCUT2D eigenvalue weighted by Gasteiger charge is 2.29. The summed E-state index contributed by atoms with van der Waals surface area (Å²) in [5, 5.41) is 5.93. The molecule has 0 atom stereocenters. The van der Waals surface area contributed by atoms with Crippen molar-refractivity contribution in [3.05, 3.63) is 58.8 Å². The fraction of sp³-hybridized carbons (Fsp3) is 0.263. The number of hydrogen-bond donors (Lipinski definition) is 1. The van der Waals surface area contributed by atoms with Gasteiger partial charge in [-0.2, -0.15) is 18.2 Å². The Hall–Kier alpha value is -2.45. The average molecular weight is 393 g/mol. The Morgan fingerprint density at radius 3 is 2.56 bits per heavy atom. The molecule has 27 heavy (non-hydrogen) atoms. The predicted molar refractivity (Wildman–Crippen MR) is 99.8 cm³/mol. The zero-order valence-corrected chi connectivity index (χ0v) is 15.2. The van der Waals surface area contributed by atoms with Crippen LogP contribution in [0.4, 0.5) is 13.2 Å². The van der Waals surface area contributed by atoms with Crippen molar-refractivity contribution in [2.75, 3.05) is 6.54 Å². The van der Waals surface area contributed by atoms with Gasteiger partial charge in [-0.25, -0.2) is 0 Å². The summed E-state index contributed by atoms with van der Waals surface area (Å²) in [6.45, 7) is 0.567. The van der Waals surface area contributed by atoms with E-state index in [2.05, 4.69) is 10.1 Å². The molecule has 0 radical (unpaired) electrons. The molecule has 8 heteroatoms. The van der Waals surface area contributed by atoms with Gasteiger partial charge >= 0.3 is 6.18 Å². The van der Waals surface area contributed by atoms with Gasteiger partial charge in [0.15, 0.2) is 0 Å². The van der Waals surface area contributed by atoms with Crippen LogP contribution < -0.4 is 5.73 Å². The Balaban J connectivity index is 1.87. The first-order chi connectivity index (χ1) is 13.0. The summed E-state index contributed by atoms with van der Waals surface area (Å²) in [5.41, 5.74) is 6.29. The molecule has 2 aromatic heterocycles. The predicted octanol–water partition coefficient (Wildman–Crippen LogP) is 5.49. The van der Waals surface area contributed by atoms with Gasteiger partial charge < -0.3 is 10.3 Å². The van der Waals surface area contributed by atoms with Gasteiger partial charge in [-0.05, 0) is 61.0 Å². The first-order valence-corrected chi connectivity index (χ1v) is 9.31. The quantitative estimate of drug-likeness (QED) is 0.539. The van der Waals surface area contributed by atoms with Crippen LogP contribution in [0.5, 0.6) is 0 Å². The van der Waals surface area contributed by atoms with Crippen molar-refractivity contribution < 1.29 is 17.7 Å². The summed E-state index contributed by atoms with van der Waals surface area (Å²) in [7, 11) is 0. The van der Waals surface area contributed by atoms with Crippen molar-refractivity contribution >= 4 is 23.0 Å². The third kappa shape index (κ3) is 5.05. The van der Waals surface area contributed by atoms with Gasteiger partial charge in [0.05, 0.1) is 10.4 Å². The number of unbranched alkanes of at least 4 members (excludes halogenated alkanes) is 1. The molecule has 0 amide bonds. The van der Waals surface area contributed by atoms with Crippen molar-refractivity contribution in [3.63, 3.8) is 0 Å². The van der Waals surface area contributed by atoms with Crippen LogP contribution in [-0.4, -0.2) is 16.7 Å². The van der Waals surface area contributed by atoms with Crippen LogP contribution in [-0.2, 0) is 6.18 Å². The molecule has 0 saturated carbocycles. The lowest BCUT2D eigenvalue weighted by Gasteiger charge is -2.07. The third-order valence-electron chi connectivity index (χ3n) is 3.92. The van der Waals surface area contributed by atoms with E-state index >= 15 is 0 Å². The molecular weight excluding hydrogens is 375 g/mol. The third-order valence-corrected chi connectivity index (χ3v) is 4.79. The number of halogens is 3. The SMILES string of the molecule is NCCCC/C(=C\c1ccc(C(F)(F)F)cc1)c1nc(-c2cccs2)no1. The number of rotatable bonds is 7. The minimum atomic E-state index is -4.35. The van der Waals surface area contributed by atoms with Crippen molar-refractivity contribution in [2.45, 2.75) is 25.4 Å². The molecule has 2 heterocycles. The lowest BCUT2D eigenvalue weighted by atomic mass is 10.0. The van der Waals surface area contributed by atoms with Crippen molar-refractivity contribution in [2.24, 2.45) is 5.73 Å². The number of alkyl halides is 3. The van der Waals surface area contributed by atoms with Gasteiger partial charge in [-0.1, -0.05) is 23.4 Å². The number of nitrogens with two attached hydrogens (primary N) is 1. The lowest BCUT2D eigenvalue weighted by Crippen LogP contribution is -2.04. The van der Waals surface area contributed by atoms with Crippen molar-refractivity contribution in [3.8, 4) is 10.7 Å². The van der Waals surface area contributed by atoms with E-state index in [1.165, 1.54) is 23.5 Å². The molecule has 0 unspecified atom stereocenters. The van der Waals surface area contributed by atoms with Gasteiger partial charge in [-0.3, -0.25) is 0 Å². The van der Waals surface area contributed by atoms with Crippen LogP contribution in [0.2, 0.25) is 0 Å². The Morgan fingerprint density at radius 1 is 1.15 bits per heavy atom. The standard InChI is InChI=1S/C19H18F3N3OS/c20-19(21,22)15-8-6-13(7-9-15)12-14(4-1-2-10-23)18-24-17(25-26-18)16-5-3-11-27-16/h3,5-9,11-12H,1-2,4,10,23H2/b14-12+. The zero-order valence-electron chi connectivity index (χ0n) is 14.4. The number of aromatic nitrogens is 2. The molecular formula is C19H18F3N3OS. The molecule has 4 nitrogen and oxygen atoms in total. The van der Waals surface area contributed by atoms with Crippen LogP contribution in [0, 0.1) is 0 Å². The van der Waals surface area contributed by atoms with E-state index in [9.17, 15) is 13.2 Å². The second kappa shape index (κ2) is 8.49. The van der Waals surface area contributed by atoms with E-state index in [1.54, 1.807) is 6.08 Å². The maximum atomic E-state index is 12.7. The molecule has 2 N–H and O–H groups in total. The highest BCUT2D eigenvalue weighted by atomic mass is 32.1. The van der Waals surface area contributed by atoms with Crippen LogP contribution in [0.25, 0.3) is 22.4 Å². The highest BCUT2D eigenvalue weighted by molar-refractivity contribution is 7.13. The largest absolute Gasteiger partial charge is 0.416 e. The molecule has 142 valence electrons. The van der Waals surface area contributed by atoms with Gasteiger partial charge in [0.25, 0.3) is 5.89 Å². The molecule has 0 spiro atoms. The minimum absolute atomic E-state index is 0.371. The van der Waals surface area contributed by atoms with Crippen LogP contribution in [0.1, 0.15) is 36.3 Å². The monoisotopic (exact) mass is 393 g/mol.